The van der Waals surface area contributed by atoms with E-state index in [0.29, 0.717) is 12.8 Å². The molecular weight excluding hydrogens is 283 g/mol. The first-order valence-corrected chi connectivity index (χ1v) is 6.94. The maximum Gasteiger partial charge on any atom is 0.416 e. The minimum Gasteiger partial charge on any atom is -0.274 e. The highest BCUT2D eigenvalue weighted by atomic mass is 19.4. The van der Waals surface area contributed by atoms with Crippen LogP contribution in [0.1, 0.15) is 31.2 Å². The normalized spacial score (nSPS) is 26.1. The van der Waals surface area contributed by atoms with Gasteiger partial charge in [-0.2, -0.15) is 13.2 Å². The van der Waals surface area contributed by atoms with Crippen molar-refractivity contribution in [1.82, 2.24) is 0 Å². The summed E-state index contributed by atoms with van der Waals surface area (Å²) in [6.45, 7) is 0. The van der Waals surface area contributed by atoms with E-state index in [9.17, 15) is 22.8 Å². The van der Waals surface area contributed by atoms with Gasteiger partial charge in [0, 0.05) is 0 Å². The van der Waals surface area contributed by atoms with E-state index < -0.39 is 11.7 Å². The second-order valence-electron chi connectivity index (χ2n) is 5.56. The number of halogens is 3. The predicted molar refractivity (Wildman–Crippen MR) is 69.4 cm³/mol. The van der Waals surface area contributed by atoms with Gasteiger partial charge in [0.25, 0.3) is 0 Å². The third kappa shape index (κ3) is 2.32. The Morgan fingerprint density at radius 3 is 2.10 bits per heavy atom. The number of nitrogens with zero attached hydrogens (tertiary/aromatic N) is 1. The molecule has 112 valence electrons. The predicted octanol–water partition coefficient (Wildman–Crippen LogP) is 3.39. The number of anilines is 1. The second-order valence-corrected chi connectivity index (χ2v) is 5.56. The highest BCUT2D eigenvalue weighted by Gasteiger charge is 2.49. The number of hydrogen-bond donors (Lipinski definition) is 0. The van der Waals surface area contributed by atoms with Gasteiger partial charge in [-0.05, 0) is 31.0 Å². The highest BCUT2D eigenvalue weighted by Crippen LogP contribution is 2.41. The molecule has 0 aromatic heterocycles. The number of carbonyl (C=O) groups is 2. The summed E-state index contributed by atoms with van der Waals surface area (Å²) in [6, 6.07) is 4.40. The van der Waals surface area contributed by atoms with E-state index in [1.807, 2.05) is 0 Å². The fourth-order valence-electron chi connectivity index (χ4n) is 3.24. The summed E-state index contributed by atoms with van der Waals surface area (Å²) < 4.78 is 38.3. The standard InChI is InChI=1S/C15H14F3NO2/c16-15(17,18)9-4-3-5-10(8-9)19-13(20)11-6-1-2-7-12(11)14(19)21/h3-5,8,11-12H,1-2,6-7H2/t11-,12+. The van der Waals surface area contributed by atoms with Gasteiger partial charge in [0.1, 0.15) is 0 Å². The molecule has 2 amide bonds. The lowest BCUT2D eigenvalue weighted by atomic mass is 9.81. The molecule has 0 unspecified atom stereocenters. The molecule has 1 saturated carbocycles. The molecule has 1 aromatic rings. The maximum absolute atomic E-state index is 12.8. The molecule has 1 aliphatic heterocycles. The van der Waals surface area contributed by atoms with Crippen LogP contribution in [0.2, 0.25) is 0 Å². The van der Waals surface area contributed by atoms with Gasteiger partial charge in [0.15, 0.2) is 0 Å². The van der Waals surface area contributed by atoms with Gasteiger partial charge in [-0.3, -0.25) is 14.5 Å². The average Bonchev–Trinajstić information content (AvgIpc) is 2.71. The van der Waals surface area contributed by atoms with Crippen molar-refractivity contribution in [1.29, 1.82) is 0 Å². The van der Waals surface area contributed by atoms with Crippen molar-refractivity contribution in [3.8, 4) is 0 Å². The number of rotatable bonds is 1. The molecule has 1 saturated heterocycles. The Labute approximate surface area is 119 Å². The van der Waals surface area contributed by atoms with E-state index in [1.165, 1.54) is 12.1 Å². The zero-order chi connectivity index (χ0) is 15.2. The van der Waals surface area contributed by atoms with E-state index in [4.69, 9.17) is 0 Å². The molecular formula is C15H14F3NO2. The molecule has 0 spiro atoms. The molecule has 3 rings (SSSR count). The minimum atomic E-state index is -4.49. The van der Waals surface area contributed by atoms with Crippen LogP contribution in [0.5, 0.6) is 0 Å². The Bertz CT molecular complexity index is 573. The Morgan fingerprint density at radius 2 is 1.57 bits per heavy atom. The summed E-state index contributed by atoms with van der Waals surface area (Å²) in [7, 11) is 0. The average molecular weight is 297 g/mol. The molecule has 6 heteroatoms. The fourth-order valence-corrected chi connectivity index (χ4v) is 3.24. The molecule has 1 aromatic carbocycles. The first-order chi connectivity index (χ1) is 9.89. The Kier molecular flexibility index (Phi) is 3.26. The quantitative estimate of drug-likeness (QED) is 0.745. The van der Waals surface area contributed by atoms with Crippen molar-refractivity contribution in [2.75, 3.05) is 4.90 Å². The van der Waals surface area contributed by atoms with Crippen LogP contribution in [-0.4, -0.2) is 11.8 Å². The van der Waals surface area contributed by atoms with Crippen LogP contribution in [0, 0.1) is 11.8 Å². The number of carbonyl (C=O) groups excluding carboxylic acids is 2. The summed E-state index contributed by atoms with van der Waals surface area (Å²) in [6.07, 6.45) is -1.43. The third-order valence-electron chi connectivity index (χ3n) is 4.27. The van der Waals surface area contributed by atoms with Gasteiger partial charge in [0.2, 0.25) is 11.8 Å². The second kappa shape index (κ2) is 4.86. The lowest BCUT2D eigenvalue weighted by Crippen LogP contribution is -2.31. The summed E-state index contributed by atoms with van der Waals surface area (Å²) in [5.74, 6) is -1.44. The maximum atomic E-state index is 12.8. The number of hydrogen-bond acceptors (Lipinski definition) is 2. The summed E-state index contributed by atoms with van der Waals surface area (Å²) >= 11 is 0. The van der Waals surface area contributed by atoms with Crippen molar-refractivity contribution in [3.05, 3.63) is 29.8 Å². The first kappa shape index (κ1) is 14.1. The molecule has 1 heterocycles. The summed E-state index contributed by atoms with van der Waals surface area (Å²) in [5, 5.41) is 0. The van der Waals surface area contributed by atoms with Crippen LogP contribution in [0.25, 0.3) is 0 Å². The van der Waals surface area contributed by atoms with Gasteiger partial charge < -0.3 is 0 Å². The van der Waals surface area contributed by atoms with Crippen molar-refractivity contribution in [3.63, 3.8) is 0 Å². The molecule has 0 bridgehead atoms. The van der Waals surface area contributed by atoms with Gasteiger partial charge in [-0.1, -0.05) is 18.9 Å². The van der Waals surface area contributed by atoms with Crippen molar-refractivity contribution in [2.24, 2.45) is 11.8 Å². The molecule has 0 N–H and O–H groups in total. The SMILES string of the molecule is O=C1[C@H]2CCCC[C@H]2C(=O)N1c1cccc(C(F)(F)F)c1. The topological polar surface area (TPSA) is 37.4 Å². The van der Waals surface area contributed by atoms with E-state index in [1.54, 1.807) is 0 Å². The van der Waals surface area contributed by atoms with Crippen LogP contribution < -0.4 is 4.90 Å². The van der Waals surface area contributed by atoms with Crippen LogP contribution in [-0.2, 0) is 15.8 Å². The van der Waals surface area contributed by atoms with Crippen LogP contribution in [0.15, 0.2) is 24.3 Å². The first-order valence-electron chi connectivity index (χ1n) is 6.94. The highest BCUT2D eigenvalue weighted by molar-refractivity contribution is 6.22. The van der Waals surface area contributed by atoms with Crippen molar-refractivity contribution in [2.45, 2.75) is 31.9 Å². The molecule has 1 aliphatic carbocycles. The number of alkyl halides is 3. The number of imide groups is 1. The molecule has 3 nitrogen and oxygen atoms in total. The van der Waals surface area contributed by atoms with Crippen molar-refractivity contribution < 1.29 is 22.8 Å². The van der Waals surface area contributed by atoms with Crippen LogP contribution in [0.4, 0.5) is 18.9 Å². The molecule has 2 atom stereocenters. The van der Waals surface area contributed by atoms with Gasteiger partial charge in [-0.25, -0.2) is 0 Å². The molecule has 2 aliphatic rings. The Balaban J connectivity index is 1.97. The van der Waals surface area contributed by atoms with Crippen molar-refractivity contribution >= 4 is 17.5 Å². The minimum absolute atomic E-state index is 0.0224. The molecule has 21 heavy (non-hydrogen) atoms. The van der Waals surface area contributed by atoms with E-state index in [-0.39, 0.29) is 29.3 Å². The number of fused-ring (bicyclic) bond motifs is 1. The number of benzene rings is 1. The van der Waals surface area contributed by atoms with Crippen LogP contribution >= 0.6 is 0 Å². The fraction of sp³-hybridized carbons (Fsp3) is 0.467. The Hall–Kier alpha value is -1.85. The zero-order valence-corrected chi connectivity index (χ0v) is 11.2. The van der Waals surface area contributed by atoms with Gasteiger partial charge >= 0.3 is 6.18 Å². The molecule has 2 fully saturated rings. The van der Waals surface area contributed by atoms with Gasteiger partial charge in [0.05, 0.1) is 23.1 Å². The monoisotopic (exact) mass is 297 g/mol. The van der Waals surface area contributed by atoms with Gasteiger partial charge in [-0.15, -0.1) is 0 Å². The summed E-state index contributed by atoms with van der Waals surface area (Å²) in [5.41, 5.74) is -0.829. The van der Waals surface area contributed by atoms with Crippen LogP contribution in [0.3, 0.4) is 0 Å². The third-order valence-corrected chi connectivity index (χ3v) is 4.27. The smallest absolute Gasteiger partial charge is 0.274 e. The lowest BCUT2D eigenvalue weighted by molar-refractivity contribution is -0.137. The summed E-state index contributed by atoms with van der Waals surface area (Å²) in [4.78, 5) is 25.6. The Morgan fingerprint density at radius 1 is 1.00 bits per heavy atom. The van der Waals surface area contributed by atoms with E-state index in [2.05, 4.69) is 0 Å². The largest absolute Gasteiger partial charge is 0.416 e. The lowest BCUT2D eigenvalue weighted by Gasteiger charge is -2.19. The van der Waals surface area contributed by atoms with E-state index in [0.717, 1.165) is 29.9 Å². The number of amides is 2. The zero-order valence-electron chi connectivity index (χ0n) is 11.2. The van der Waals surface area contributed by atoms with E-state index >= 15 is 0 Å². The molecule has 0 radical (unpaired) electrons.